The minimum Gasteiger partial charge on any atom is -0.497 e. The molecule has 5 rings (SSSR count). The van der Waals surface area contributed by atoms with Crippen LogP contribution >= 0.6 is 23.2 Å². The van der Waals surface area contributed by atoms with Crippen LogP contribution in [-0.4, -0.2) is 80.5 Å². The van der Waals surface area contributed by atoms with E-state index in [0.717, 1.165) is 11.1 Å². The molecule has 0 spiro atoms. The van der Waals surface area contributed by atoms with Crippen molar-refractivity contribution >= 4 is 45.1 Å². The van der Waals surface area contributed by atoms with E-state index in [-0.39, 0.29) is 32.2 Å². The molecule has 0 N–H and O–H groups in total. The first-order chi connectivity index (χ1) is 20.1. The first-order valence-electron chi connectivity index (χ1n) is 13.5. The van der Waals surface area contributed by atoms with E-state index in [1.165, 1.54) is 10.6 Å². The van der Waals surface area contributed by atoms with Gasteiger partial charge in [0.25, 0.3) is 0 Å². The summed E-state index contributed by atoms with van der Waals surface area (Å²) in [6.07, 6.45) is 1.18. The van der Waals surface area contributed by atoms with Crippen molar-refractivity contribution in [2.45, 2.75) is 19.0 Å². The van der Waals surface area contributed by atoms with Crippen LogP contribution in [0, 0.1) is 0 Å². The number of hydrogen-bond acceptors (Lipinski definition) is 6. The first-order valence-corrected chi connectivity index (χ1v) is 16.1. The molecule has 2 atom stereocenters. The van der Waals surface area contributed by atoms with E-state index in [1.54, 1.807) is 53.3 Å². The van der Waals surface area contributed by atoms with Crippen molar-refractivity contribution in [2.24, 2.45) is 4.99 Å². The fourth-order valence-electron chi connectivity index (χ4n) is 5.31. The van der Waals surface area contributed by atoms with Crippen LogP contribution in [0.15, 0.2) is 71.7 Å². The van der Waals surface area contributed by atoms with Crippen molar-refractivity contribution in [3.63, 3.8) is 0 Å². The topological polar surface area (TPSA) is 91.8 Å². The van der Waals surface area contributed by atoms with Gasteiger partial charge in [0.05, 0.1) is 31.6 Å². The van der Waals surface area contributed by atoms with Crippen LogP contribution in [0.1, 0.15) is 35.7 Å². The number of amides is 2. The standard InChI is InChI=1S/C30H32Cl2N4O5S/c1-4-41-26-19-24(40-2)13-14-25(26)29-33-27(20-5-9-22(31)10-6-20)28(21-7-11-23(32)12-8-21)36(29)30(37)34-15-17-35(18-16-34)42(3,38)39/h5-14,19,27-28H,4,15-18H2,1-3H3/t27-,28+/m1/s1. The van der Waals surface area contributed by atoms with Crippen LogP contribution in [-0.2, 0) is 10.0 Å². The Balaban J connectivity index is 1.65. The number of methoxy groups -OCH3 is 1. The molecule has 0 aliphatic carbocycles. The van der Waals surface area contributed by atoms with Crippen LogP contribution in [0.5, 0.6) is 11.5 Å². The van der Waals surface area contributed by atoms with Gasteiger partial charge in [-0.15, -0.1) is 0 Å². The van der Waals surface area contributed by atoms with Crippen LogP contribution in [0.4, 0.5) is 4.79 Å². The maximum Gasteiger partial charge on any atom is 0.326 e. The number of sulfonamides is 1. The molecule has 42 heavy (non-hydrogen) atoms. The molecule has 0 saturated carbocycles. The second-order valence-electron chi connectivity index (χ2n) is 10.0. The number of nitrogens with zero attached hydrogens (tertiary/aromatic N) is 4. The Bertz CT molecular complexity index is 1570. The predicted octanol–water partition coefficient (Wildman–Crippen LogP) is 5.64. The summed E-state index contributed by atoms with van der Waals surface area (Å²) in [6, 6.07) is 18.9. The van der Waals surface area contributed by atoms with Crippen molar-refractivity contribution in [3.05, 3.63) is 93.5 Å². The summed E-state index contributed by atoms with van der Waals surface area (Å²) in [5.41, 5.74) is 2.35. The minimum atomic E-state index is -3.37. The fraction of sp³-hybridized carbons (Fsp3) is 0.333. The van der Waals surface area contributed by atoms with E-state index in [0.29, 0.717) is 39.6 Å². The highest BCUT2D eigenvalue weighted by Crippen LogP contribution is 2.45. The molecule has 3 aromatic rings. The Morgan fingerprint density at radius 3 is 2.07 bits per heavy atom. The molecule has 2 heterocycles. The average molecular weight is 632 g/mol. The minimum absolute atomic E-state index is 0.212. The molecule has 2 aliphatic heterocycles. The first kappa shape index (κ1) is 30.2. The molecule has 12 heteroatoms. The van der Waals surface area contributed by atoms with E-state index >= 15 is 0 Å². The Morgan fingerprint density at radius 2 is 1.52 bits per heavy atom. The summed E-state index contributed by atoms with van der Waals surface area (Å²) in [7, 11) is -1.79. The molecule has 0 aromatic heterocycles. The molecule has 1 fully saturated rings. The van der Waals surface area contributed by atoms with Crippen molar-refractivity contribution < 1.29 is 22.7 Å². The lowest BCUT2D eigenvalue weighted by molar-refractivity contribution is 0.143. The lowest BCUT2D eigenvalue weighted by atomic mass is 9.93. The lowest BCUT2D eigenvalue weighted by Crippen LogP contribution is -2.55. The molecule has 0 unspecified atom stereocenters. The van der Waals surface area contributed by atoms with E-state index < -0.39 is 22.1 Å². The zero-order valence-corrected chi connectivity index (χ0v) is 25.9. The molecular formula is C30H32Cl2N4O5S. The second-order valence-corrected chi connectivity index (χ2v) is 12.9. The molecule has 3 aromatic carbocycles. The lowest BCUT2D eigenvalue weighted by Gasteiger charge is -2.38. The molecule has 0 radical (unpaired) electrons. The highest BCUT2D eigenvalue weighted by Gasteiger charge is 2.45. The highest BCUT2D eigenvalue weighted by molar-refractivity contribution is 7.88. The number of ether oxygens (including phenoxy) is 2. The predicted molar refractivity (Wildman–Crippen MR) is 164 cm³/mol. The number of halogens is 2. The van der Waals surface area contributed by atoms with E-state index in [1.807, 2.05) is 37.3 Å². The van der Waals surface area contributed by atoms with Crippen molar-refractivity contribution in [3.8, 4) is 11.5 Å². The third kappa shape index (κ3) is 6.22. The number of urea groups is 1. The number of piperazine rings is 1. The molecular weight excluding hydrogens is 599 g/mol. The van der Waals surface area contributed by atoms with E-state index in [4.69, 9.17) is 37.7 Å². The summed E-state index contributed by atoms with van der Waals surface area (Å²) >= 11 is 12.5. The number of carbonyl (C=O) groups excluding carboxylic acids is 1. The number of aliphatic imine (C=N–C) groups is 1. The van der Waals surface area contributed by atoms with Gasteiger partial charge in [-0.1, -0.05) is 47.5 Å². The number of hydrogen-bond donors (Lipinski definition) is 0. The summed E-state index contributed by atoms with van der Waals surface area (Å²) < 4.78 is 37.1. The largest absolute Gasteiger partial charge is 0.497 e. The van der Waals surface area contributed by atoms with Crippen molar-refractivity contribution in [2.75, 3.05) is 46.2 Å². The summed E-state index contributed by atoms with van der Waals surface area (Å²) in [5, 5.41) is 1.17. The van der Waals surface area contributed by atoms with Crippen molar-refractivity contribution in [1.29, 1.82) is 0 Å². The van der Waals surface area contributed by atoms with E-state index in [9.17, 15) is 13.2 Å². The second kappa shape index (κ2) is 12.5. The maximum atomic E-state index is 14.5. The fourth-order valence-corrected chi connectivity index (χ4v) is 6.39. The number of amidine groups is 1. The Morgan fingerprint density at radius 1 is 0.929 bits per heavy atom. The van der Waals surface area contributed by atoms with Crippen LogP contribution in [0.25, 0.3) is 0 Å². The van der Waals surface area contributed by atoms with Crippen LogP contribution < -0.4 is 9.47 Å². The number of rotatable bonds is 7. The molecule has 222 valence electrons. The summed E-state index contributed by atoms with van der Waals surface area (Å²) in [6.45, 7) is 3.20. The van der Waals surface area contributed by atoms with Gasteiger partial charge in [0.2, 0.25) is 10.0 Å². The normalized spacial score (nSPS) is 19.5. The summed E-state index contributed by atoms with van der Waals surface area (Å²) in [4.78, 5) is 23.1. The third-order valence-corrected chi connectivity index (χ3v) is 9.21. The van der Waals surface area contributed by atoms with Crippen LogP contribution in [0.3, 0.4) is 0 Å². The zero-order valence-electron chi connectivity index (χ0n) is 23.5. The van der Waals surface area contributed by atoms with Gasteiger partial charge >= 0.3 is 6.03 Å². The third-order valence-electron chi connectivity index (χ3n) is 7.40. The molecule has 0 bridgehead atoms. The smallest absolute Gasteiger partial charge is 0.326 e. The molecule has 2 amide bonds. The van der Waals surface area contributed by atoms with Gasteiger partial charge in [0.15, 0.2) is 0 Å². The maximum absolute atomic E-state index is 14.5. The van der Waals surface area contributed by atoms with Gasteiger partial charge in [0.1, 0.15) is 23.4 Å². The van der Waals surface area contributed by atoms with Crippen LogP contribution in [0.2, 0.25) is 10.0 Å². The van der Waals surface area contributed by atoms with Gasteiger partial charge < -0.3 is 14.4 Å². The Hall–Kier alpha value is -3.31. The van der Waals surface area contributed by atoms with Gasteiger partial charge in [-0.05, 0) is 54.4 Å². The van der Waals surface area contributed by atoms with Gasteiger partial charge in [-0.25, -0.2) is 13.2 Å². The average Bonchev–Trinajstić information content (AvgIpc) is 3.37. The molecule has 1 saturated heterocycles. The number of carbonyl (C=O) groups is 1. The van der Waals surface area contributed by atoms with Gasteiger partial charge in [-0.2, -0.15) is 4.31 Å². The van der Waals surface area contributed by atoms with E-state index in [2.05, 4.69) is 0 Å². The monoisotopic (exact) mass is 630 g/mol. The number of benzene rings is 3. The Labute approximate surface area is 256 Å². The molecule has 2 aliphatic rings. The molecule has 9 nitrogen and oxygen atoms in total. The Kier molecular flexibility index (Phi) is 8.98. The highest BCUT2D eigenvalue weighted by atomic mass is 35.5. The SMILES string of the molecule is CCOc1cc(OC)ccc1C1=N[C@H](c2ccc(Cl)cc2)[C@H](c2ccc(Cl)cc2)N1C(=O)N1CCN(S(C)(=O)=O)CC1. The van der Waals surface area contributed by atoms with Gasteiger partial charge in [-0.3, -0.25) is 9.89 Å². The quantitative estimate of drug-likeness (QED) is 0.337. The zero-order chi connectivity index (χ0) is 30.0. The van der Waals surface area contributed by atoms with Crippen molar-refractivity contribution in [1.82, 2.24) is 14.1 Å². The summed E-state index contributed by atoms with van der Waals surface area (Å²) in [5.74, 6) is 1.58. The van der Waals surface area contributed by atoms with Gasteiger partial charge in [0, 0.05) is 42.3 Å².